The molecule has 4 heteroatoms. The molecule has 1 heterocycles. The Hall–Kier alpha value is -2.23. The third-order valence-corrected chi connectivity index (χ3v) is 5.13. The van der Waals surface area contributed by atoms with E-state index in [-0.39, 0.29) is 17.9 Å². The smallest absolute Gasteiger partial charge is 0.378 e. The molecule has 1 N–H and O–H groups in total. The molecule has 124 valence electrons. The average molecular weight is 329 g/mol. The van der Waals surface area contributed by atoms with Crippen LogP contribution < -0.4 is 5.32 Å². The van der Waals surface area contributed by atoms with Crippen LogP contribution in [-0.2, 0) is 6.18 Å². The van der Waals surface area contributed by atoms with Gasteiger partial charge >= 0.3 is 6.18 Å². The number of fused-ring (bicyclic) bond motifs is 3. The molecular formula is C20H18F3N. The second-order valence-electron chi connectivity index (χ2n) is 6.69. The first-order valence-electron chi connectivity index (χ1n) is 8.14. The molecule has 1 aliphatic heterocycles. The van der Waals surface area contributed by atoms with Crippen molar-refractivity contribution in [2.45, 2.75) is 31.5 Å². The van der Waals surface area contributed by atoms with E-state index in [2.05, 4.69) is 41.7 Å². The van der Waals surface area contributed by atoms with Gasteiger partial charge in [0.2, 0.25) is 0 Å². The van der Waals surface area contributed by atoms with E-state index in [4.69, 9.17) is 0 Å². The van der Waals surface area contributed by atoms with E-state index in [1.165, 1.54) is 17.2 Å². The maximum absolute atomic E-state index is 13.0. The first-order chi connectivity index (χ1) is 11.4. The summed E-state index contributed by atoms with van der Waals surface area (Å²) < 4.78 is 39.1. The van der Waals surface area contributed by atoms with Gasteiger partial charge in [0.1, 0.15) is 0 Å². The van der Waals surface area contributed by atoms with Gasteiger partial charge in [0.15, 0.2) is 0 Å². The summed E-state index contributed by atoms with van der Waals surface area (Å²) >= 11 is 0. The number of alkyl halides is 3. The Balaban J connectivity index is 1.76. The Kier molecular flexibility index (Phi) is 3.44. The van der Waals surface area contributed by atoms with Crippen LogP contribution in [0, 0.1) is 12.8 Å². The molecule has 0 saturated heterocycles. The molecule has 0 unspecified atom stereocenters. The Morgan fingerprint density at radius 2 is 1.79 bits per heavy atom. The van der Waals surface area contributed by atoms with E-state index in [1.54, 1.807) is 6.07 Å². The van der Waals surface area contributed by atoms with Gasteiger partial charge in [0, 0.05) is 11.6 Å². The predicted octanol–water partition coefficient (Wildman–Crippen LogP) is 5.84. The molecule has 24 heavy (non-hydrogen) atoms. The number of anilines is 1. The molecule has 0 bridgehead atoms. The molecule has 2 aromatic carbocycles. The molecule has 0 aromatic heterocycles. The number of aryl methyl sites for hydroxylation is 1. The zero-order valence-corrected chi connectivity index (χ0v) is 13.3. The van der Waals surface area contributed by atoms with Crippen molar-refractivity contribution >= 4 is 5.69 Å². The van der Waals surface area contributed by atoms with Crippen LogP contribution in [0.1, 0.15) is 40.6 Å². The normalized spacial score (nSPS) is 25.1. The molecule has 0 spiro atoms. The lowest BCUT2D eigenvalue weighted by molar-refractivity contribution is -0.137. The minimum absolute atomic E-state index is 0.0369. The van der Waals surface area contributed by atoms with E-state index in [1.807, 2.05) is 6.92 Å². The number of allylic oxidation sites excluding steroid dienone is 2. The number of benzene rings is 2. The van der Waals surface area contributed by atoms with E-state index < -0.39 is 11.7 Å². The highest BCUT2D eigenvalue weighted by atomic mass is 19.4. The van der Waals surface area contributed by atoms with Crippen LogP contribution in [0.3, 0.4) is 0 Å². The predicted molar refractivity (Wildman–Crippen MR) is 89.0 cm³/mol. The largest absolute Gasteiger partial charge is 0.416 e. The molecule has 1 aliphatic carbocycles. The minimum Gasteiger partial charge on any atom is -0.378 e. The Morgan fingerprint density at radius 3 is 2.50 bits per heavy atom. The van der Waals surface area contributed by atoms with Crippen LogP contribution in [-0.4, -0.2) is 0 Å². The second-order valence-corrected chi connectivity index (χ2v) is 6.69. The van der Waals surface area contributed by atoms with Gasteiger partial charge in [0.05, 0.1) is 11.6 Å². The summed E-state index contributed by atoms with van der Waals surface area (Å²) in [5, 5.41) is 3.48. The highest BCUT2D eigenvalue weighted by Crippen LogP contribution is 2.50. The van der Waals surface area contributed by atoms with E-state index in [9.17, 15) is 13.2 Å². The second kappa shape index (κ2) is 5.40. The summed E-state index contributed by atoms with van der Waals surface area (Å²) in [6, 6.07) is 12.5. The lowest BCUT2D eigenvalue weighted by atomic mass is 9.76. The third-order valence-electron chi connectivity index (χ3n) is 5.13. The molecule has 4 rings (SSSR count). The van der Waals surface area contributed by atoms with Gasteiger partial charge < -0.3 is 5.32 Å². The molecule has 1 nitrogen and oxygen atoms in total. The fourth-order valence-electron chi connectivity index (χ4n) is 3.87. The van der Waals surface area contributed by atoms with Crippen molar-refractivity contribution < 1.29 is 13.2 Å². The minimum atomic E-state index is -4.30. The summed E-state index contributed by atoms with van der Waals surface area (Å²) in [6.07, 6.45) is 0.728. The van der Waals surface area contributed by atoms with Crippen molar-refractivity contribution in [2.24, 2.45) is 5.92 Å². The Bertz CT molecular complexity index is 790. The van der Waals surface area contributed by atoms with Crippen LogP contribution in [0.2, 0.25) is 0 Å². The zero-order valence-electron chi connectivity index (χ0n) is 13.3. The van der Waals surface area contributed by atoms with Crippen LogP contribution in [0.4, 0.5) is 18.9 Å². The quantitative estimate of drug-likeness (QED) is 0.648. The van der Waals surface area contributed by atoms with Crippen LogP contribution in [0.25, 0.3) is 0 Å². The third kappa shape index (κ3) is 2.50. The highest BCUT2D eigenvalue weighted by molar-refractivity contribution is 5.61. The average Bonchev–Trinajstić information content (AvgIpc) is 3.03. The summed E-state index contributed by atoms with van der Waals surface area (Å²) in [7, 11) is 0. The van der Waals surface area contributed by atoms with E-state index >= 15 is 0 Å². The lowest BCUT2D eigenvalue weighted by Crippen LogP contribution is -2.29. The summed E-state index contributed by atoms with van der Waals surface area (Å²) in [5.74, 6) is 0.290. The molecule has 2 aromatic rings. The lowest BCUT2D eigenvalue weighted by Gasteiger charge is -2.38. The van der Waals surface area contributed by atoms with Gasteiger partial charge in [0.25, 0.3) is 0 Å². The van der Waals surface area contributed by atoms with Crippen LogP contribution in [0.15, 0.2) is 54.6 Å². The monoisotopic (exact) mass is 329 g/mol. The van der Waals surface area contributed by atoms with Crippen molar-refractivity contribution in [3.05, 3.63) is 76.9 Å². The molecule has 3 atom stereocenters. The van der Waals surface area contributed by atoms with Gasteiger partial charge in [-0.25, -0.2) is 0 Å². The zero-order chi connectivity index (χ0) is 16.9. The number of hydrogen-bond donors (Lipinski definition) is 1. The first kappa shape index (κ1) is 15.3. The Labute approximate surface area is 139 Å². The standard InChI is InChI=1S/C20H18F3N/c1-12-5-7-13(8-6-12)19-16-4-2-3-15(16)17-11-14(20(21,22)23)9-10-18(17)24-19/h2-3,5-11,15-16,19,24H,4H2,1H3/t15-,16+,19-/m0/s1. The van der Waals surface area contributed by atoms with Crippen molar-refractivity contribution in [1.29, 1.82) is 0 Å². The Morgan fingerprint density at radius 1 is 1.04 bits per heavy atom. The van der Waals surface area contributed by atoms with Crippen LogP contribution in [0.5, 0.6) is 0 Å². The molecule has 0 fully saturated rings. The van der Waals surface area contributed by atoms with Crippen LogP contribution >= 0.6 is 0 Å². The fourth-order valence-corrected chi connectivity index (χ4v) is 3.87. The summed E-state index contributed by atoms with van der Waals surface area (Å²) in [4.78, 5) is 0. The molecular weight excluding hydrogens is 311 g/mol. The first-order valence-corrected chi connectivity index (χ1v) is 8.14. The van der Waals surface area contributed by atoms with Gasteiger partial charge in [-0.3, -0.25) is 0 Å². The summed E-state index contributed by atoms with van der Waals surface area (Å²) in [5.41, 5.74) is 3.37. The maximum atomic E-state index is 13.0. The van der Waals surface area contributed by atoms with Crippen molar-refractivity contribution in [3.63, 3.8) is 0 Å². The van der Waals surface area contributed by atoms with Crippen molar-refractivity contribution in [2.75, 3.05) is 5.32 Å². The van der Waals surface area contributed by atoms with E-state index in [0.29, 0.717) is 0 Å². The van der Waals surface area contributed by atoms with Gasteiger partial charge in [-0.2, -0.15) is 13.2 Å². The van der Waals surface area contributed by atoms with Gasteiger partial charge in [-0.1, -0.05) is 42.0 Å². The number of rotatable bonds is 1. The van der Waals surface area contributed by atoms with Crippen molar-refractivity contribution in [1.82, 2.24) is 0 Å². The number of nitrogens with one attached hydrogen (secondary N) is 1. The maximum Gasteiger partial charge on any atom is 0.416 e. The fraction of sp³-hybridized carbons (Fsp3) is 0.300. The van der Waals surface area contributed by atoms with E-state index in [0.717, 1.165) is 23.7 Å². The number of hydrogen-bond acceptors (Lipinski definition) is 1. The van der Waals surface area contributed by atoms with Gasteiger partial charge in [-0.05, 0) is 48.6 Å². The molecule has 0 saturated carbocycles. The number of halogens is 3. The molecule has 2 aliphatic rings. The van der Waals surface area contributed by atoms with Crippen molar-refractivity contribution in [3.8, 4) is 0 Å². The molecule has 0 radical (unpaired) electrons. The SMILES string of the molecule is Cc1ccc([C@@H]2Nc3ccc(C(F)(F)F)cc3[C@H]3C=CC[C@H]32)cc1. The molecule has 0 amide bonds. The highest BCUT2D eigenvalue weighted by Gasteiger charge is 2.39. The topological polar surface area (TPSA) is 12.0 Å². The van der Waals surface area contributed by atoms with Gasteiger partial charge in [-0.15, -0.1) is 0 Å². The summed E-state index contributed by atoms with van der Waals surface area (Å²) in [6.45, 7) is 2.05.